The van der Waals surface area contributed by atoms with E-state index in [-0.39, 0.29) is 23.6 Å². The average molecular weight is 318 g/mol. The zero-order valence-corrected chi connectivity index (χ0v) is 13.9. The van der Waals surface area contributed by atoms with Gasteiger partial charge in [0.1, 0.15) is 5.82 Å². The van der Waals surface area contributed by atoms with E-state index in [0.29, 0.717) is 6.04 Å². The molecule has 0 aromatic heterocycles. The molecule has 1 aromatic carbocycles. The lowest BCUT2D eigenvalue weighted by molar-refractivity contribution is -0.122. The number of hydrogen-bond acceptors (Lipinski definition) is 2. The molecule has 3 rings (SSSR count). The van der Waals surface area contributed by atoms with Crippen molar-refractivity contribution in [2.75, 3.05) is 20.1 Å². The Kier molecular flexibility index (Phi) is 5.31. The largest absolute Gasteiger partial charge is 0.355 e. The Labute approximate surface area is 138 Å². The molecule has 0 aliphatic heterocycles. The highest BCUT2D eigenvalue weighted by atomic mass is 19.1. The summed E-state index contributed by atoms with van der Waals surface area (Å²) >= 11 is 0. The van der Waals surface area contributed by atoms with Gasteiger partial charge in [0.15, 0.2) is 0 Å². The van der Waals surface area contributed by atoms with E-state index in [4.69, 9.17) is 0 Å². The fraction of sp³-hybridized carbons (Fsp3) is 0.632. The number of likely N-dealkylation sites (N-methyl/N-ethyl adjacent to an activating group) is 1. The Bertz CT molecular complexity index is 525. The van der Waals surface area contributed by atoms with Gasteiger partial charge in [-0.1, -0.05) is 31.4 Å². The van der Waals surface area contributed by atoms with Gasteiger partial charge in [0.25, 0.3) is 0 Å². The van der Waals surface area contributed by atoms with E-state index in [0.717, 1.165) is 25.1 Å². The maximum Gasteiger partial charge on any atom is 0.223 e. The minimum absolute atomic E-state index is 0.0699. The van der Waals surface area contributed by atoms with Crippen LogP contribution in [0, 0.1) is 11.7 Å². The van der Waals surface area contributed by atoms with Crippen molar-refractivity contribution >= 4 is 5.91 Å². The first-order chi connectivity index (χ1) is 11.1. The van der Waals surface area contributed by atoms with Crippen molar-refractivity contribution in [3.63, 3.8) is 0 Å². The van der Waals surface area contributed by atoms with Gasteiger partial charge in [-0.15, -0.1) is 0 Å². The van der Waals surface area contributed by atoms with Crippen molar-refractivity contribution in [3.05, 3.63) is 35.6 Å². The van der Waals surface area contributed by atoms with Crippen LogP contribution in [0.3, 0.4) is 0 Å². The molecule has 2 saturated carbocycles. The molecular formula is C19H27FN2O. The maximum absolute atomic E-state index is 12.9. The zero-order valence-electron chi connectivity index (χ0n) is 13.9. The van der Waals surface area contributed by atoms with Gasteiger partial charge in [-0.05, 0) is 49.9 Å². The molecule has 1 aromatic rings. The predicted molar refractivity (Wildman–Crippen MR) is 89.8 cm³/mol. The molecule has 2 aliphatic carbocycles. The number of rotatable bonds is 6. The van der Waals surface area contributed by atoms with Gasteiger partial charge in [0.05, 0.1) is 0 Å². The van der Waals surface area contributed by atoms with Crippen LogP contribution in [0.1, 0.15) is 50.0 Å². The fourth-order valence-electron chi connectivity index (χ4n) is 3.75. The number of nitrogens with one attached hydrogen (secondary N) is 1. The SMILES string of the molecule is CN(CCNC(=O)C1CC1c1ccc(F)cc1)C1CCCCC1. The first-order valence-electron chi connectivity index (χ1n) is 8.88. The highest BCUT2D eigenvalue weighted by Gasteiger charge is 2.43. The molecule has 126 valence electrons. The van der Waals surface area contributed by atoms with Crippen LogP contribution in [0.25, 0.3) is 0 Å². The molecule has 23 heavy (non-hydrogen) atoms. The van der Waals surface area contributed by atoms with E-state index >= 15 is 0 Å². The quantitative estimate of drug-likeness (QED) is 0.873. The molecule has 2 unspecified atom stereocenters. The molecule has 2 fully saturated rings. The molecule has 1 N–H and O–H groups in total. The van der Waals surface area contributed by atoms with E-state index < -0.39 is 0 Å². The van der Waals surface area contributed by atoms with Crippen molar-refractivity contribution in [3.8, 4) is 0 Å². The lowest BCUT2D eigenvalue weighted by Gasteiger charge is -2.31. The average Bonchev–Trinajstić information content (AvgIpc) is 3.37. The van der Waals surface area contributed by atoms with Crippen molar-refractivity contribution < 1.29 is 9.18 Å². The van der Waals surface area contributed by atoms with Crippen molar-refractivity contribution in [1.29, 1.82) is 0 Å². The van der Waals surface area contributed by atoms with Gasteiger partial charge in [-0.2, -0.15) is 0 Å². The van der Waals surface area contributed by atoms with Crippen molar-refractivity contribution in [2.24, 2.45) is 5.92 Å². The minimum Gasteiger partial charge on any atom is -0.355 e. The van der Waals surface area contributed by atoms with E-state index in [2.05, 4.69) is 17.3 Å². The van der Waals surface area contributed by atoms with E-state index in [1.165, 1.54) is 44.2 Å². The molecular weight excluding hydrogens is 291 g/mol. The maximum atomic E-state index is 12.9. The lowest BCUT2D eigenvalue weighted by atomic mass is 9.94. The van der Waals surface area contributed by atoms with E-state index in [1.54, 1.807) is 12.1 Å². The number of benzene rings is 1. The lowest BCUT2D eigenvalue weighted by Crippen LogP contribution is -2.39. The highest BCUT2D eigenvalue weighted by molar-refractivity contribution is 5.82. The molecule has 0 saturated heterocycles. The van der Waals surface area contributed by atoms with Gasteiger partial charge in [-0.25, -0.2) is 4.39 Å². The molecule has 4 heteroatoms. The Morgan fingerprint density at radius 2 is 1.91 bits per heavy atom. The Balaban J connectivity index is 1.38. The van der Waals surface area contributed by atoms with Crippen molar-refractivity contribution in [2.45, 2.75) is 50.5 Å². The third-order valence-corrected chi connectivity index (χ3v) is 5.39. The normalized spacial score (nSPS) is 24.7. The van der Waals surface area contributed by atoms with Crippen LogP contribution in [-0.4, -0.2) is 37.0 Å². The van der Waals surface area contributed by atoms with Crippen LogP contribution in [0.5, 0.6) is 0 Å². The highest BCUT2D eigenvalue weighted by Crippen LogP contribution is 2.47. The molecule has 0 heterocycles. The summed E-state index contributed by atoms with van der Waals surface area (Å²) in [7, 11) is 2.17. The number of carbonyl (C=O) groups excluding carboxylic acids is 1. The summed E-state index contributed by atoms with van der Waals surface area (Å²) in [5, 5.41) is 3.07. The Hall–Kier alpha value is -1.42. The number of nitrogens with zero attached hydrogens (tertiary/aromatic N) is 1. The first-order valence-corrected chi connectivity index (χ1v) is 8.88. The Morgan fingerprint density at radius 3 is 2.61 bits per heavy atom. The molecule has 0 radical (unpaired) electrons. The smallest absolute Gasteiger partial charge is 0.223 e. The van der Waals surface area contributed by atoms with Crippen LogP contribution in [0.15, 0.2) is 24.3 Å². The molecule has 1 amide bonds. The molecule has 3 nitrogen and oxygen atoms in total. The summed E-state index contributed by atoms with van der Waals surface area (Å²) in [6.45, 7) is 1.64. The number of carbonyl (C=O) groups is 1. The van der Waals surface area contributed by atoms with Gasteiger partial charge >= 0.3 is 0 Å². The number of hydrogen-bond donors (Lipinski definition) is 1. The molecule has 0 spiro atoms. The van der Waals surface area contributed by atoms with E-state index in [9.17, 15) is 9.18 Å². The third-order valence-electron chi connectivity index (χ3n) is 5.39. The molecule has 0 bridgehead atoms. The second-order valence-corrected chi connectivity index (χ2v) is 7.06. The van der Waals surface area contributed by atoms with Crippen LogP contribution >= 0.6 is 0 Å². The summed E-state index contributed by atoms with van der Waals surface area (Å²) in [6, 6.07) is 7.23. The second-order valence-electron chi connectivity index (χ2n) is 7.06. The zero-order chi connectivity index (χ0) is 16.2. The van der Waals surface area contributed by atoms with Crippen LogP contribution in [-0.2, 0) is 4.79 Å². The summed E-state index contributed by atoms with van der Waals surface area (Å²) < 4.78 is 12.9. The topological polar surface area (TPSA) is 32.3 Å². The minimum atomic E-state index is -0.221. The number of halogens is 1. The van der Waals surface area contributed by atoms with Crippen LogP contribution < -0.4 is 5.32 Å². The van der Waals surface area contributed by atoms with Gasteiger partial charge in [0.2, 0.25) is 5.91 Å². The van der Waals surface area contributed by atoms with Gasteiger partial charge < -0.3 is 10.2 Å². The summed E-state index contributed by atoms with van der Waals surface area (Å²) in [6.07, 6.45) is 7.51. The monoisotopic (exact) mass is 318 g/mol. The summed E-state index contributed by atoms with van der Waals surface area (Å²) in [5.74, 6) is 0.268. The summed E-state index contributed by atoms with van der Waals surface area (Å²) in [4.78, 5) is 14.6. The Morgan fingerprint density at radius 1 is 1.22 bits per heavy atom. The van der Waals surface area contributed by atoms with Crippen LogP contribution in [0.4, 0.5) is 4.39 Å². The van der Waals surface area contributed by atoms with Crippen molar-refractivity contribution in [1.82, 2.24) is 10.2 Å². The van der Waals surface area contributed by atoms with Crippen LogP contribution in [0.2, 0.25) is 0 Å². The molecule has 2 aliphatic rings. The third kappa shape index (κ3) is 4.31. The standard InChI is InChI=1S/C19H27FN2O/c1-22(16-5-3-2-4-6-16)12-11-21-19(23)18-13-17(18)14-7-9-15(20)10-8-14/h7-10,16-18H,2-6,11-13H2,1H3,(H,21,23). The van der Waals surface area contributed by atoms with E-state index in [1.807, 2.05) is 0 Å². The predicted octanol–water partition coefficient (Wildman–Crippen LogP) is 3.31. The number of amides is 1. The van der Waals surface area contributed by atoms with Gasteiger partial charge in [-0.3, -0.25) is 4.79 Å². The summed E-state index contributed by atoms with van der Waals surface area (Å²) in [5.41, 5.74) is 1.07. The van der Waals surface area contributed by atoms with Gasteiger partial charge in [0, 0.05) is 25.0 Å². The second kappa shape index (κ2) is 7.43. The molecule has 2 atom stereocenters. The fourth-order valence-corrected chi connectivity index (χ4v) is 3.75. The first kappa shape index (κ1) is 16.4.